The number of hydrogen-bond acceptors (Lipinski definition) is 4. The Morgan fingerprint density at radius 3 is 2.90 bits per heavy atom. The van der Waals surface area contributed by atoms with Crippen molar-refractivity contribution >= 4 is 21.8 Å². The first-order valence-electron chi connectivity index (χ1n) is 6.35. The first-order valence-corrected chi connectivity index (χ1v) is 7.14. The van der Waals surface area contributed by atoms with Crippen LogP contribution >= 0.6 is 15.9 Å². The van der Waals surface area contributed by atoms with Crippen LogP contribution in [0.2, 0.25) is 0 Å². The van der Waals surface area contributed by atoms with Crippen LogP contribution in [-0.2, 0) is 9.47 Å². The number of ether oxygens (including phenoxy) is 3. The fourth-order valence-electron chi connectivity index (χ4n) is 2.10. The Morgan fingerprint density at radius 1 is 1.50 bits per heavy atom. The van der Waals surface area contributed by atoms with E-state index < -0.39 is 5.60 Å². The van der Waals surface area contributed by atoms with Crippen LogP contribution in [-0.4, -0.2) is 45.5 Å². The minimum Gasteiger partial charge on any atom is -0.497 e. The van der Waals surface area contributed by atoms with E-state index in [1.807, 2.05) is 0 Å². The van der Waals surface area contributed by atoms with Gasteiger partial charge in [-0.25, -0.2) is 0 Å². The Balaban J connectivity index is 2.04. The Bertz CT molecular complexity index is 486. The lowest BCUT2D eigenvalue weighted by Crippen LogP contribution is -2.45. The van der Waals surface area contributed by atoms with Crippen LogP contribution in [0.15, 0.2) is 22.7 Å². The molecular weight excluding hydrogens is 326 g/mol. The second-order valence-electron chi connectivity index (χ2n) is 4.72. The first-order chi connectivity index (χ1) is 9.60. The van der Waals surface area contributed by atoms with Crippen LogP contribution in [0.1, 0.15) is 16.8 Å². The Labute approximate surface area is 126 Å². The van der Waals surface area contributed by atoms with E-state index in [4.69, 9.17) is 14.2 Å². The van der Waals surface area contributed by atoms with Crippen molar-refractivity contribution < 1.29 is 19.0 Å². The van der Waals surface area contributed by atoms with Crippen LogP contribution in [0.4, 0.5) is 0 Å². The van der Waals surface area contributed by atoms with Crippen LogP contribution < -0.4 is 10.1 Å². The van der Waals surface area contributed by atoms with Crippen molar-refractivity contribution in [1.29, 1.82) is 0 Å². The number of nitrogens with one attached hydrogen (secondary N) is 1. The summed E-state index contributed by atoms with van der Waals surface area (Å²) < 4.78 is 16.7. The molecule has 1 unspecified atom stereocenters. The van der Waals surface area contributed by atoms with Crippen molar-refractivity contribution in [3.63, 3.8) is 0 Å². The van der Waals surface area contributed by atoms with Gasteiger partial charge in [0, 0.05) is 31.2 Å². The second kappa shape index (κ2) is 6.56. The molecule has 1 atom stereocenters. The molecule has 0 spiro atoms. The van der Waals surface area contributed by atoms with Crippen LogP contribution in [0.5, 0.6) is 5.75 Å². The summed E-state index contributed by atoms with van der Waals surface area (Å²) in [5, 5.41) is 2.90. The molecule has 0 aromatic heterocycles. The molecule has 1 aliphatic heterocycles. The molecule has 0 radical (unpaired) electrons. The number of hydrogen-bond donors (Lipinski definition) is 1. The minimum absolute atomic E-state index is 0.167. The van der Waals surface area contributed by atoms with Gasteiger partial charge in [-0.3, -0.25) is 4.79 Å². The SMILES string of the molecule is COc1ccc(Br)c(C(=O)NCC2(OC)CCOC2)c1. The largest absolute Gasteiger partial charge is 0.497 e. The molecule has 1 saturated heterocycles. The van der Waals surface area contributed by atoms with Gasteiger partial charge in [0.15, 0.2) is 0 Å². The fraction of sp³-hybridized carbons (Fsp3) is 0.500. The van der Waals surface area contributed by atoms with Crippen LogP contribution in [0.3, 0.4) is 0 Å². The predicted molar refractivity (Wildman–Crippen MR) is 78.2 cm³/mol. The summed E-state index contributed by atoms with van der Waals surface area (Å²) in [6, 6.07) is 5.28. The molecule has 1 fully saturated rings. The number of methoxy groups -OCH3 is 2. The van der Waals surface area contributed by atoms with Crippen molar-refractivity contribution in [2.75, 3.05) is 34.0 Å². The fourth-order valence-corrected chi connectivity index (χ4v) is 2.53. The summed E-state index contributed by atoms with van der Waals surface area (Å²) in [6.45, 7) is 1.58. The van der Waals surface area contributed by atoms with E-state index in [1.54, 1.807) is 32.4 Å². The number of halogens is 1. The van der Waals surface area contributed by atoms with Gasteiger partial charge in [0.05, 0.1) is 19.3 Å². The lowest BCUT2D eigenvalue weighted by Gasteiger charge is -2.26. The number of benzene rings is 1. The van der Waals surface area contributed by atoms with Crippen LogP contribution in [0.25, 0.3) is 0 Å². The average molecular weight is 344 g/mol. The molecular formula is C14H18BrNO4. The molecule has 1 aromatic rings. The summed E-state index contributed by atoms with van der Waals surface area (Å²) >= 11 is 3.37. The summed E-state index contributed by atoms with van der Waals surface area (Å²) in [7, 11) is 3.21. The summed E-state index contributed by atoms with van der Waals surface area (Å²) in [5.74, 6) is 0.475. The summed E-state index contributed by atoms with van der Waals surface area (Å²) in [4.78, 5) is 12.3. The number of carbonyl (C=O) groups is 1. The molecule has 1 N–H and O–H groups in total. The standard InChI is InChI=1S/C14H18BrNO4/c1-18-10-3-4-12(15)11(7-10)13(17)16-8-14(19-2)5-6-20-9-14/h3-4,7H,5-6,8-9H2,1-2H3,(H,16,17). The zero-order valence-electron chi connectivity index (χ0n) is 11.6. The van der Waals surface area contributed by atoms with Gasteiger partial charge in [0.25, 0.3) is 5.91 Å². The zero-order chi connectivity index (χ0) is 14.6. The van der Waals surface area contributed by atoms with E-state index in [9.17, 15) is 4.79 Å². The second-order valence-corrected chi connectivity index (χ2v) is 5.57. The van der Waals surface area contributed by atoms with E-state index >= 15 is 0 Å². The highest BCUT2D eigenvalue weighted by Gasteiger charge is 2.35. The molecule has 0 saturated carbocycles. The highest BCUT2D eigenvalue weighted by Crippen LogP contribution is 2.24. The van der Waals surface area contributed by atoms with Crippen molar-refractivity contribution in [3.8, 4) is 5.75 Å². The third-order valence-electron chi connectivity index (χ3n) is 3.49. The topological polar surface area (TPSA) is 56.8 Å². The molecule has 0 bridgehead atoms. The number of carbonyl (C=O) groups excluding carboxylic acids is 1. The van der Waals surface area contributed by atoms with Crippen molar-refractivity contribution in [2.24, 2.45) is 0 Å². The first kappa shape index (κ1) is 15.3. The average Bonchev–Trinajstić information content (AvgIpc) is 2.95. The maximum atomic E-state index is 12.3. The number of rotatable bonds is 5. The number of amides is 1. The molecule has 1 amide bonds. The highest BCUT2D eigenvalue weighted by atomic mass is 79.9. The van der Waals surface area contributed by atoms with E-state index in [0.29, 0.717) is 31.1 Å². The maximum Gasteiger partial charge on any atom is 0.252 e. The van der Waals surface area contributed by atoms with Gasteiger partial charge in [0.1, 0.15) is 11.4 Å². The predicted octanol–water partition coefficient (Wildman–Crippen LogP) is 1.99. The Hall–Kier alpha value is -1.11. The molecule has 1 aromatic carbocycles. The quantitative estimate of drug-likeness (QED) is 0.888. The summed E-state index contributed by atoms with van der Waals surface area (Å²) in [5.41, 5.74) is 0.121. The lowest BCUT2D eigenvalue weighted by atomic mass is 10.0. The Morgan fingerprint density at radius 2 is 2.30 bits per heavy atom. The van der Waals surface area contributed by atoms with Gasteiger partial charge >= 0.3 is 0 Å². The summed E-state index contributed by atoms with van der Waals surface area (Å²) in [6.07, 6.45) is 0.781. The molecule has 6 heteroatoms. The van der Waals surface area contributed by atoms with Gasteiger partial charge in [-0.1, -0.05) is 0 Å². The van der Waals surface area contributed by atoms with E-state index in [-0.39, 0.29) is 5.91 Å². The lowest BCUT2D eigenvalue weighted by molar-refractivity contribution is -0.0148. The molecule has 20 heavy (non-hydrogen) atoms. The third-order valence-corrected chi connectivity index (χ3v) is 4.18. The molecule has 1 aliphatic rings. The minimum atomic E-state index is -0.416. The van der Waals surface area contributed by atoms with E-state index in [1.165, 1.54) is 0 Å². The van der Waals surface area contributed by atoms with Gasteiger partial charge < -0.3 is 19.5 Å². The highest BCUT2D eigenvalue weighted by molar-refractivity contribution is 9.10. The van der Waals surface area contributed by atoms with E-state index in [2.05, 4.69) is 21.2 Å². The Kier molecular flexibility index (Phi) is 5.01. The van der Waals surface area contributed by atoms with Crippen molar-refractivity contribution in [3.05, 3.63) is 28.2 Å². The van der Waals surface area contributed by atoms with Crippen LogP contribution in [0, 0.1) is 0 Å². The molecule has 0 aliphatic carbocycles. The van der Waals surface area contributed by atoms with E-state index in [0.717, 1.165) is 10.9 Å². The van der Waals surface area contributed by atoms with Gasteiger partial charge in [-0.15, -0.1) is 0 Å². The van der Waals surface area contributed by atoms with Gasteiger partial charge in [-0.05, 0) is 34.1 Å². The van der Waals surface area contributed by atoms with Crippen molar-refractivity contribution in [2.45, 2.75) is 12.0 Å². The molecule has 2 rings (SSSR count). The monoisotopic (exact) mass is 343 g/mol. The van der Waals surface area contributed by atoms with Gasteiger partial charge in [0.2, 0.25) is 0 Å². The van der Waals surface area contributed by atoms with Crippen molar-refractivity contribution in [1.82, 2.24) is 5.32 Å². The third kappa shape index (κ3) is 3.31. The molecule has 5 nitrogen and oxygen atoms in total. The van der Waals surface area contributed by atoms with Gasteiger partial charge in [-0.2, -0.15) is 0 Å². The zero-order valence-corrected chi connectivity index (χ0v) is 13.2. The molecule has 1 heterocycles. The maximum absolute atomic E-state index is 12.3. The normalized spacial score (nSPS) is 21.8. The smallest absolute Gasteiger partial charge is 0.252 e. The molecule has 110 valence electrons.